The molecule has 6 heteroatoms. The summed E-state index contributed by atoms with van der Waals surface area (Å²) in [5.41, 5.74) is 3.98. The Bertz CT molecular complexity index is 532. The maximum Gasteiger partial charge on any atom is 0.0931 e. The van der Waals surface area contributed by atoms with Crippen molar-refractivity contribution in [1.29, 1.82) is 0 Å². The molecule has 0 fully saturated rings. The molecule has 0 aliphatic carbocycles. The third-order valence-electron chi connectivity index (χ3n) is 2.31. The van der Waals surface area contributed by atoms with E-state index in [9.17, 15) is 0 Å². The monoisotopic (exact) mass is 442 g/mol. The third kappa shape index (κ3) is 3.21. The number of nitrogens with two attached hydrogens (primary N) is 1. The van der Waals surface area contributed by atoms with Crippen molar-refractivity contribution in [2.45, 2.75) is 6.04 Å². The average molecular weight is 444 g/mol. The number of thiophene rings is 1. The van der Waals surface area contributed by atoms with E-state index in [4.69, 9.17) is 17.4 Å². The van der Waals surface area contributed by atoms with Gasteiger partial charge in [-0.05, 0) is 58.5 Å². The number of benzene rings is 1. The van der Waals surface area contributed by atoms with Crippen molar-refractivity contribution in [1.82, 2.24) is 5.43 Å². The zero-order valence-electron chi connectivity index (χ0n) is 8.58. The summed E-state index contributed by atoms with van der Waals surface area (Å²) in [6, 6.07) is 9.99. The smallest absolute Gasteiger partial charge is 0.0931 e. The highest BCUT2D eigenvalue weighted by molar-refractivity contribution is 14.1. The highest BCUT2D eigenvalue weighted by Gasteiger charge is 2.17. The minimum Gasteiger partial charge on any atom is -0.271 e. The summed E-state index contributed by atoms with van der Waals surface area (Å²) in [5, 5.41) is 0. The van der Waals surface area contributed by atoms with Crippen LogP contribution in [0.1, 0.15) is 16.5 Å². The first-order chi connectivity index (χ1) is 8.11. The van der Waals surface area contributed by atoms with Crippen molar-refractivity contribution in [3.63, 3.8) is 0 Å². The second-order valence-electron chi connectivity index (χ2n) is 3.41. The van der Waals surface area contributed by atoms with Gasteiger partial charge in [0.2, 0.25) is 0 Å². The highest BCUT2D eigenvalue weighted by atomic mass is 127. The minimum absolute atomic E-state index is 0.0306. The quantitative estimate of drug-likeness (QED) is 0.421. The summed E-state index contributed by atoms with van der Waals surface area (Å²) in [6.45, 7) is 0. The minimum atomic E-state index is -0.0306. The number of rotatable bonds is 3. The van der Waals surface area contributed by atoms with Crippen LogP contribution < -0.4 is 11.3 Å². The van der Waals surface area contributed by atoms with Gasteiger partial charge >= 0.3 is 0 Å². The topological polar surface area (TPSA) is 38.0 Å². The molecule has 0 saturated heterocycles. The van der Waals surface area contributed by atoms with E-state index in [1.807, 2.05) is 18.2 Å². The lowest BCUT2D eigenvalue weighted by Crippen LogP contribution is -2.28. The van der Waals surface area contributed by atoms with Gasteiger partial charge in [-0.15, -0.1) is 11.3 Å². The predicted molar refractivity (Wildman–Crippen MR) is 85.4 cm³/mol. The van der Waals surface area contributed by atoms with Gasteiger partial charge < -0.3 is 0 Å². The summed E-state index contributed by atoms with van der Waals surface area (Å²) in [5.74, 6) is 5.66. The van der Waals surface area contributed by atoms with Crippen molar-refractivity contribution in [3.8, 4) is 0 Å². The zero-order chi connectivity index (χ0) is 12.4. The van der Waals surface area contributed by atoms with E-state index >= 15 is 0 Å². The van der Waals surface area contributed by atoms with Gasteiger partial charge in [0.1, 0.15) is 0 Å². The summed E-state index contributed by atoms with van der Waals surface area (Å²) in [7, 11) is 0. The normalized spacial score (nSPS) is 12.7. The molecule has 17 heavy (non-hydrogen) atoms. The van der Waals surface area contributed by atoms with Crippen LogP contribution in [-0.2, 0) is 0 Å². The van der Waals surface area contributed by atoms with Gasteiger partial charge in [0.25, 0.3) is 0 Å². The molecule has 0 aliphatic rings. The van der Waals surface area contributed by atoms with E-state index < -0.39 is 0 Å². The van der Waals surface area contributed by atoms with Crippen molar-refractivity contribution in [2.24, 2.45) is 5.84 Å². The fourth-order valence-electron chi connectivity index (χ4n) is 1.54. The van der Waals surface area contributed by atoms with Crippen LogP contribution >= 0.6 is 61.5 Å². The number of hydrogen-bond acceptors (Lipinski definition) is 3. The molecular formula is C11H9BrClIN2S. The maximum atomic E-state index is 5.96. The molecule has 0 aliphatic heterocycles. The van der Waals surface area contributed by atoms with E-state index in [2.05, 4.69) is 56.1 Å². The molecule has 2 aromatic rings. The maximum absolute atomic E-state index is 5.96. The Balaban J connectivity index is 2.45. The second kappa shape index (κ2) is 5.99. The van der Waals surface area contributed by atoms with Gasteiger partial charge in [-0.2, -0.15) is 0 Å². The van der Waals surface area contributed by atoms with Crippen LogP contribution in [0.5, 0.6) is 0 Å². The Hall–Kier alpha value is 0.340. The average Bonchev–Trinajstić information content (AvgIpc) is 2.71. The molecule has 2 rings (SSSR count). The summed E-state index contributed by atoms with van der Waals surface area (Å²) >= 11 is 13.3. The Labute approximate surface area is 131 Å². The van der Waals surface area contributed by atoms with Crippen LogP contribution in [-0.4, -0.2) is 0 Å². The first-order valence-corrected chi connectivity index (χ1v) is 7.84. The van der Waals surface area contributed by atoms with Gasteiger partial charge in [0.05, 0.1) is 10.4 Å². The van der Waals surface area contributed by atoms with E-state index in [1.54, 1.807) is 0 Å². The standard InChI is InChI=1S/C11H9BrClIN2S/c12-6-1-2-8(14)7(5-6)11(16-15)9-3-4-10(13)17-9/h1-5,11,16H,15H2. The summed E-state index contributed by atoms with van der Waals surface area (Å²) in [6.07, 6.45) is 0. The lowest BCUT2D eigenvalue weighted by molar-refractivity contribution is 0.643. The Kier molecular flexibility index (Phi) is 4.85. The van der Waals surface area contributed by atoms with Crippen LogP contribution in [0.3, 0.4) is 0 Å². The Morgan fingerprint density at radius 1 is 1.35 bits per heavy atom. The lowest BCUT2D eigenvalue weighted by atomic mass is 10.1. The largest absolute Gasteiger partial charge is 0.271 e. The molecule has 0 radical (unpaired) electrons. The van der Waals surface area contributed by atoms with Gasteiger partial charge in [0, 0.05) is 12.9 Å². The van der Waals surface area contributed by atoms with Crippen LogP contribution in [0.15, 0.2) is 34.8 Å². The van der Waals surface area contributed by atoms with E-state index in [0.717, 1.165) is 19.2 Å². The third-order valence-corrected chi connectivity index (χ3v) is 5.09. The van der Waals surface area contributed by atoms with Crippen molar-refractivity contribution in [3.05, 3.63) is 53.2 Å². The molecule has 0 amide bonds. The Morgan fingerprint density at radius 3 is 2.71 bits per heavy atom. The predicted octanol–water partition coefficient (Wildman–Crippen LogP) is 4.32. The van der Waals surface area contributed by atoms with Gasteiger partial charge in [0.15, 0.2) is 0 Å². The van der Waals surface area contributed by atoms with Gasteiger partial charge in [-0.3, -0.25) is 5.84 Å². The number of nitrogens with one attached hydrogen (secondary N) is 1. The van der Waals surface area contributed by atoms with Crippen LogP contribution in [0.4, 0.5) is 0 Å². The second-order valence-corrected chi connectivity index (χ2v) is 7.23. The fourth-order valence-corrected chi connectivity index (χ4v) is 3.71. The van der Waals surface area contributed by atoms with E-state index in [-0.39, 0.29) is 6.04 Å². The molecule has 1 aromatic heterocycles. The number of hydrogen-bond donors (Lipinski definition) is 2. The highest BCUT2D eigenvalue weighted by Crippen LogP contribution is 2.33. The molecule has 0 spiro atoms. The fraction of sp³-hybridized carbons (Fsp3) is 0.0909. The summed E-state index contributed by atoms with van der Waals surface area (Å²) < 4.78 is 2.97. The SMILES string of the molecule is NNC(c1ccc(Cl)s1)c1cc(Br)ccc1I. The van der Waals surface area contributed by atoms with Crippen LogP contribution in [0.2, 0.25) is 4.34 Å². The Morgan fingerprint density at radius 2 is 2.12 bits per heavy atom. The molecule has 90 valence electrons. The molecule has 1 aromatic carbocycles. The molecule has 0 saturated carbocycles. The molecule has 2 nitrogen and oxygen atoms in total. The van der Waals surface area contributed by atoms with Crippen molar-refractivity contribution in [2.75, 3.05) is 0 Å². The molecule has 0 bridgehead atoms. The molecular weight excluding hydrogens is 434 g/mol. The summed E-state index contributed by atoms with van der Waals surface area (Å²) in [4.78, 5) is 1.11. The van der Waals surface area contributed by atoms with E-state index in [0.29, 0.717) is 0 Å². The van der Waals surface area contributed by atoms with Crippen LogP contribution in [0, 0.1) is 3.57 Å². The van der Waals surface area contributed by atoms with Gasteiger partial charge in [-0.1, -0.05) is 27.5 Å². The number of halogens is 3. The zero-order valence-corrected chi connectivity index (χ0v) is 13.9. The molecule has 1 unspecified atom stereocenters. The van der Waals surface area contributed by atoms with Crippen molar-refractivity contribution < 1.29 is 0 Å². The first-order valence-electron chi connectivity index (χ1n) is 4.78. The van der Waals surface area contributed by atoms with E-state index in [1.165, 1.54) is 14.9 Å². The van der Waals surface area contributed by atoms with Gasteiger partial charge in [-0.25, -0.2) is 5.43 Å². The molecule has 1 heterocycles. The lowest BCUT2D eigenvalue weighted by Gasteiger charge is -2.16. The number of hydrazine groups is 1. The van der Waals surface area contributed by atoms with Crippen LogP contribution in [0.25, 0.3) is 0 Å². The molecule has 3 N–H and O–H groups in total. The van der Waals surface area contributed by atoms with Crippen molar-refractivity contribution >= 4 is 61.5 Å². The first kappa shape index (κ1) is 13.8. The molecule has 1 atom stereocenters.